The fourth-order valence-corrected chi connectivity index (χ4v) is 2.49. The van der Waals surface area contributed by atoms with Crippen molar-refractivity contribution in [2.75, 3.05) is 10.5 Å². The Hall–Kier alpha value is -2.09. The van der Waals surface area contributed by atoms with E-state index in [-0.39, 0.29) is 10.7 Å². The van der Waals surface area contributed by atoms with E-state index in [9.17, 15) is 8.42 Å². The molecule has 3 N–H and O–H groups in total. The first-order valence-corrected chi connectivity index (χ1v) is 6.60. The molecule has 18 heavy (non-hydrogen) atoms. The number of aromatic nitrogens is 3. The summed E-state index contributed by atoms with van der Waals surface area (Å²) in [5.41, 5.74) is 6.69. The van der Waals surface area contributed by atoms with Crippen molar-refractivity contribution in [3.05, 3.63) is 30.2 Å². The van der Waals surface area contributed by atoms with Crippen molar-refractivity contribution in [2.45, 2.75) is 11.8 Å². The molecular weight excluding hydrogens is 254 g/mol. The Kier molecular flexibility index (Phi) is 2.95. The summed E-state index contributed by atoms with van der Waals surface area (Å²) in [4.78, 5) is 4.04. The van der Waals surface area contributed by atoms with Crippen molar-refractivity contribution in [3.8, 4) is 0 Å². The standard InChI is InChI=1S/C10H13N5O2S/c1-7-3-8(11)4-12-10(7)14-18(16,17)9-5-13-15(2)6-9/h3-6H,11H2,1-2H3,(H,12,14). The molecule has 0 spiro atoms. The third-order valence-electron chi connectivity index (χ3n) is 2.32. The van der Waals surface area contributed by atoms with Gasteiger partial charge in [0, 0.05) is 13.2 Å². The highest BCUT2D eigenvalue weighted by atomic mass is 32.2. The minimum absolute atomic E-state index is 0.0861. The van der Waals surface area contributed by atoms with Crippen LogP contribution in [0.3, 0.4) is 0 Å². The highest BCUT2D eigenvalue weighted by Gasteiger charge is 2.17. The summed E-state index contributed by atoms with van der Waals surface area (Å²) in [6.07, 6.45) is 4.08. The van der Waals surface area contributed by atoms with Crippen molar-refractivity contribution in [3.63, 3.8) is 0 Å². The van der Waals surface area contributed by atoms with Crippen LogP contribution < -0.4 is 10.5 Å². The van der Waals surface area contributed by atoms with Crippen LogP contribution in [-0.4, -0.2) is 23.2 Å². The van der Waals surface area contributed by atoms with Gasteiger partial charge in [0.05, 0.1) is 18.1 Å². The smallest absolute Gasteiger partial charge is 0.266 e. The number of hydrogen-bond donors (Lipinski definition) is 2. The lowest BCUT2D eigenvalue weighted by Gasteiger charge is -2.08. The van der Waals surface area contributed by atoms with E-state index in [0.29, 0.717) is 11.3 Å². The molecule has 0 bridgehead atoms. The monoisotopic (exact) mass is 267 g/mol. The molecule has 0 amide bonds. The number of nitrogens with zero attached hydrogens (tertiary/aromatic N) is 3. The average Bonchev–Trinajstić information content (AvgIpc) is 2.70. The average molecular weight is 267 g/mol. The van der Waals surface area contributed by atoms with Crippen LogP contribution in [-0.2, 0) is 17.1 Å². The summed E-state index contributed by atoms with van der Waals surface area (Å²) in [6, 6.07) is 1.65. The second-order valence-corrected chi connectivity index (χ2v) is 5.57. The number of pyridine rings is 1. The molecule has 0 radical (unpaired) electrons. The number of anilines is 2. The number of rotatable bonds is 3. The largest absolute Gasteiger partial charge is 0.397 e. The van der Waals surface area contributed by atoms with Gasteiger partial charge in [0.15, 0.2) is 0 Å². The molecule has 0 saturated heterocycles. The lowest BCUT2D eigenvalue weighted by molar-refractivity contribution is 0.601. The molecule has 2 heterocycles. The quantitative estimate of drug-likeness (QED) is 0.843. The van der Waals surface area contributed by atoms with Crippen molar-refractivity contribution in [1.29, 1.82) is 0 Å². The first kappa shape index (κ1) is 12.4. The number of sulfonamides is 1. The van der Waals surface area contributed by atoms with Gasteiger partial charge in [0.25, 0.3) is 10.0 Å². The predicted molar refractivity (Wildman–Crippen MR) is 67.4 cm³/mol. The van der Waals surface area contributed by atoms with Gasteiger partial charge in [-0.15, -0.1) is 0 Å². The number of nitrogens with one attached hydrogen (secondary N) is 1. The molecule has 8 heteroatoms. The maximum atomic E-state index is 12.0. The van der Waals surface area contributed by atoms with Gasteiger partial charge in [-0.1, -0.05) is 0 Å². The second-order valence-electron chi connectivity index (χ2n) is 3.89. The highest BCUT2D eigenvalue weighted by molar-refractivity contribution is 7.92. The third-order valence-corrected chi connectivity index (χ3v) is 3.62. The fourth-order valence-electron chi connectivity index (χ4n) is 1.43. The summed E-state index contributed by atoms with van der Waals surface area (Å²) in [6.45, 7) is 1.73. The molecule has 2 rings (SSSR count). The zero-order valence-electron chi connectivity index (χ0n) is 9.95. The second kappa shape index (κ2) is 4.30. The van der Waals surface area contributed by atoms with Crippen LogP contribution in [0.15, 0.2) is 29.6 Å². The van der Waals surface area contributed by atoms with E-state index in [4.69, 9.17) is 5.73 Å². The van der Waals surface area contributed by atoms with Gasteiger partial charge in [-0.3, -0.25) is 9.40 Å². The number of nitrogen functional groups attached to an aromatic ring is 1. The van der Waals surface area contributed by atoms with Crippen molar-refractivity contribution < 1.29 is 8.42 Å². The SMILES string of the molecule is Cc1cc(N)cnc1NS(=O)(=O)c1cnn(C)c1. The van der Waals surface area contributed by atoms with Crippen LogP contribution in [0.25, 0.3) is 0 Å². The van der Waals surface area contributed by atoms with E-state index >= 15 is 0 Å². The Bertz CT molecular complexity index is 677. The Morgan fingerprint density at radius 2 is 2.11 bits per heavy atom. The number of hydrogen-bond acceptors (Lipinski definition) is 5. The number of nitrogens with two attached hydrogens (primary N) is 1. The van der Waals surface area contributed by atoms with E-state index in [1.54, 1.807) is 20.0 Å². The maximum absolute atomic E-state index is 12.0. The summed E-state index contributed by atoms with van der Waals surface area (Å²) < 4.78 is 27.8. The van der Waals surface area contributed by atoms with Gasteiger partial charge in [0.1, 0.15) is 10.7 Å². The summed E-state index contributed by atoms with van der Waals surface area (Å²) in [5.74, 6) is 0.257. The van der Waals surface area contributed by atoms with Crippen molar-refractivity contribution in [1.82, 2.24) is 14.8 Å². The van der Waals surface area contributed by atoms with Crippen LogP contribution in [0.1, 0.15) is 5.56 Å². The molecule has 0 saturated carbocycles. The first-order valence-electron chi connectivity index (χ1n) is 5.12. The zero-order chi connectivity index (χ0) is 13.3. The third kappa shape index (κ3) is 2.43. The van der Waals surface area contributed by atoms with Crippen LogP contribution in [0.2, 0.25) is 0 Å². The molecule has 96 valence electrons. The molecule has 7 nitrogen and oxygen atoms in total. The fraction of sp³-hybridized carbons (Fsp3) is 0.200. The molecule has 0 unspecified atom stereocenters. The number of aryl methyl sites for hydroxylation is 2. The molecule has 2 aromatic rings. The van der Waals surface area contributed by atoms with Gasteiger partial charge in [0.2, 0.25) is 0 Å². The molecule has 0 aliphatic rings. The van der Waals surface area contributed by atoms with Gasteiger partial charge in [-0.2, -0.15) is 5.10 Å². The van der Waals surface area contributed by atoms with E-state index < -0.39 is 10.0 Å². The zero-order valence-corrected chi connectivity index (χ0v) is 10.8. The highest BCUT2D eigenvalue weighted by Crippen LogP contribution is 2.18. The van der Waals surface area contributed by atoms with Crippen LogP contribution in [0, 0.1) is 6.92 Å². The van der Waals surface area contributed by atoms with Crippen LogP contribution in [0.4, 0.5) is 11.5 Å². The van der Waals surface area contributed by atoms with Crippen LogP contribution in [0.5, 0.6) is 0 Å². The van der Waals surface area contributed by atoms with Crippen molar-refractivity contribution >= 4 is 21.5 Å². The van der Waals surface area contributed by atoms with E-state index in [2.05, 4.69) is 14.8 Å². The molecule has 0 aliphatic carbocycles. The summed E-state index contributed by atoms with van der Waals surface area (Å²) in [7, 11) is -2.02. The normalized spacial score (nSPS) is 11.4. The van der Waals surface area contributed by atoms with Gasteiger partial charge in [-0.05, 0) is 18.6 Å². The lowest BCUT2D eigenvalue weighted by Crippen LogP contribution is -2.14. The summed E-state index contributed by atoms with van der Waals surface area (Å²) in [5, 5.41) is 3.82. The summed E-state index contributed by atoms with van der Waals surface area (Å²) >= 11 is 0. The first-order chi connectivity index (χ1) is 8.38. The van der Waals surface area contributed by atoms with Gasteiger partial charge < -0.3 is 5.73 Å². The Balaban J connectivity index is 2.33. The predicted octanol–water partition coefficient (Wildman–Crippen LogP) is 0.507. The lowest BCUT2D eigenvalue weighted by atomic mass is 10.3. The van der Waals surface area contributed by atoms with Gasteiger partial charge >= 0.3 is 0 Å². The van der Waals surface area contributed by atoms with Gasteiger partial charge in [-0.25, -0.2) is 13.4 Å². The van der Waals surface area contributed by atoms with E-state index in [1.807, 2.05) is 0 Å². The minimum atomic E-state index is -3.66. The maximum Gasteiger partial charge on any atom is 0.266 e. The van der Waals surface area contributed by atoms with Crippen LogP contribution >= 0.6 is 0 Å². The molecular formula is C10H13N5O2S. The molecule has 0 aliphatic heterocycles. The molecule has 2 aromatic heterocycles. The Morgan fingerprint density at radius 3 is 2.67 bits per heavy atom. The molecule has 0 aromatic carbocycles. The minimum Gasteiger partial charge on any atom is -0.397 e. The molecule has 0 atom stereocenters. The molecule has 0 fully saturated rings. The van der Waals surface area contributed by atoms with Crippen molar-refractivity contribution in [2.24, 2.45) is 7.05 Å². The van der Waals surface area contributed by atoms with E-state index in [0.717, 1.165) is 0 Å². The Labute approximate surface area is 105 Å². The Morgan fingerprint density at radius 1 is 1.39 bits per heavy atom. The topological polar surface area (TPSA) is 103 Å². The van der Waals surface area contributed by atoms with E-state index in [1.165, 1.54) is 23.3 Å².